The van der Waals surface area contributed by atoms with Gasteiger partial charge in [-0.25, -0.2) is 4.39 Å². The maximum absolute atomic E-state index is 13.2. The zero-order chi connectivity index (χ0) is 18.4. The lowest BCUT2D eigenvalue weighted by molar-refractivity contribution is 0.136. The van der Waals surface area contributed by atoms with E-state index in [0.717, 1.165) is 23.7 Å². The van der Waals surface area contributed by atoms with Crippen LogP contribution < -0.4 is 0 Å². The fourth-order valence-corrected chi connectivity index (χ4v) is 5.79. The van der Waals surface area contributed by atoms with Gasteiger partial charge >= 0.3 is 0 Å². The Labute approximate surface area is 161 Å². The minimum Gasteiger partial charge on any atom is -0.207 e. The number of rotatable bonds is 7. The Morgan fingerprint density at radius 3 is 2.00 bits per heavy atom. The Morgan fingerprint density at radius 1 is 0.846 bits per heavy atom. The van der Waals surface area contributed by atoms with E-state index in [2.05, 4.69) is 13.8 Å². The van der Waals surface area contributed by atoms with Crippen LogP contribution >= 0.6 is 0 Å². The van der Waals surface area contributed by atoms with Gasteiger partial charge in [0.15, 0.2) is 0 Å². The zero-order valence-electron chi connectivity index (χ0n) is 17.1. The van der Waals surface area contributed by atoms with Crippen molar-refractivity contribution in [3.8, 4) is 0 Å². The first-order valence-electron chi connectivity index (χ1n) is 11.4. The van der Waals surface area contributed by atoms with Crippen LogP contribution in [0.3, 0.4) is 0 Å². The molecule has 26 heavy (non-hydrogen) atoms. The molecule has 3 rings (SSSR count). The summed E-state index contributed by atoms with van der Waals surface area (Å²) in [6.07, 6.45) is 17.3. The van der Waals surface area contributed by atoms with Gasteiger partial charge in [-0.05, 0) is 85.8 Å². The third kappa shape index (κ3) is 5.33. The molecule has 1 aromatic carbocycles. The van der Waals surface area contributed by atoms with Crippen molar-refractivity contribution in [2.75, 3.05) is 0 Å². The summed E-state index contributed by atoms with van der Waals surface area (Å²) in [5.41, 5.74) is 1.32. The van der Waals surface area contributed by atoms with E-state index in [1.54, 1.807) is 12.1 Å². The van der Waals surface area contributed by atoms with E-state index < -0.39 is 0 Å². The van der Waals surface area contributed by atoms with Gasteiger partial charge in [-0.1, -0.05) is 64.5 Å². The molecule has 1 atom stereocenters. The van der Waals surface area contributed by atoms with Crippen LogP contribution in [0.5, 0.6) is 0 Å². The van der Waals surface area contributed by atoms with E-state index in [1.807, 2.05) is 12.1 Å². The van der Waals surface area contributed by atoms with Crippen molar-refractivity contribution in [3.63, 3.8) is 0 Å². The average Bonchev–Trinajstić information content (AvgIpc) is 2.69. The molecule has 2 fully saturated rings. The van der Waals surface area contributed by atoms with Gasteiger partial charge in [-0.15, -0.1) is 0 Å². The van der Waals surface area contributed by atoms with Crippen LogP contribution in [0.25, 0.3) is 0 Å². The molecule has 0 aromatic heterocycles. The second-order valence-electron chi connectivity index (χ2n) is 9.29. The highest BCUT2D eigenvalue weighted by Gasteiger charge is 2.32. The molecule has 0 bridgehead atoms. The van der Waals surface area contributed by atoms with Gasteiger partial charge in [0.05, 0.1) is 0 Å². The first kappa shape index (κ1) is 19.9. The fraction of sp³-hybridized carbons (Fsp3) is 0.760. The van der Waals surface area contributed by atoms with Crippen LogP contribution in [0.15, 0.2) is 24.3 Å². The highest BCUT2D eigenvalue weighted by Crippen LogP contribution is 2.45. The summed E-state index contributed by atoms with van der Waals surface area (Å²) in [5.74, 6) is 4.29. The van der Waals surface area contributed by atoms with Crippen molar-refractivity contribution in [3.05, 3.63) is 35.6 Å². The van der Waals surface area contributed by atoms with Crippen molar-refractivity contribution in [1.29, 1.82) is 0 Å². The normalized spacial score (nSPS) is 30.9. The monoisotopic (exact) mass is 358 g/mol. The number of halogens is 1. The summed E-state index contributed by atoms with van der Waals surface area (Å²) >= 11 is 0. The molecule has 1 heteroatoms. The van der Waals surface area contributed by atoms with Crippen LogP contribution in [0.1, 0.15) is 102 Å². The molecule has 0 saturated heterocycles. The Bertz CT molecular complexity index is 503. The standard InChI is InChI=1S/C25H39F/c1-3-4-5-6-20-7-9-23(10-8-20)24-13-11-21(12-14-24)19(2)22-15-17-25(26)18-16-22/h15-21,23-24H,3-14H2,1-2H3. The second kappa shape index (κ2) is 9.90. The van der Waals surface area contributed by atoms with Gasteiger partial charge < -0.3 is 0 Å². The third-order valence-electron chi connectivity index (χ3n) is 7.69. The van der Waals surface area contributed by atoms with Crippen molar-refractivity contribution < 1.29 is 4.39 Å². The maximum atomic E-state index is 13.2. The number of hydrogen-bond donors (Lipinski definition) is 0. The average molecular weight is 359 g/mol. The quantitative estimate of drug-likeness (QED) is 0.432. The molecule has 0 heterocycles. The van der Waals surface area contributed by atoms with Gasteiger partial charge in [-0.3, -0.25) is 0 Å². The smallest absolute Gasteiger partial charge is 0.123 e. The first-order chi connectivity index (χ1) is 12.7. The fourth-order valence-electron chi connectivity index (χ4n) is 5.79. The number of unbranched alkanes of at least 4 members (excludes halogenated alkanes) is 2. The van der Waals surface area contributed by atoms with Gasteiger partial charge in [-0.2, -0.15) is 0 Å². The molecular formula is C25H39F. The molecule has 0 amide bonds. The molecule has 0 aliphatic heterocycles. The van der Waals surface area contributed by atoms with E-state index in [0.29, 0.717) is 5.92 Å². The number of benzene rings is 1. The lowest BCUT2D eigenvalue weighted by atomic mass is 9.66. The summed E-state index contributed by atoms with van der Waals surface area (Å²) < 4.78 is 13.2. The van der Waals surface area contributed by atoms with Crippen LogP contribution in [-0.4, -0.2) is 0 Å². The third-order valence-corrected chi connectivity index (χ3v) is 7.69. The SMILES string of the molecule is CCCCCC1CCC(C2CCC(C(C)c3ccc(F)cc3)CC2)CC1. The zero-order valence-corrected chi connectivity index (χ0v) is 17.1. The predicted octanol–water partition coefficient (Wildman–Crippen LogP) is 8.12. The molecule has 1 unspecified atom stereocenters. The molecular weight excluding hydrogens is 319 g/mol. The predicted molar refractivity (Wildman–Crippen MR) is 110 cm³/mol. The van der Waals surface area contributed by atoms with Crippen LogP contribution in [-0.2, 0) is 0 Å². The Hall–Kier alpha value is -0.850. The van der Waals surface area contributed by atoms with Gasteiger partial charge in [0.25, 0.3) is 0 Å². The van der Waals surface area contributed by atoms with E-state index in [9.17, 15) is 4.39 Å². The van der Waals surface area contributed by atoms with Gasteiger partial charge in [0.2, 0.25) is 0 Å². The molecule has 2 aliphatic rings. The molecule has 0 radical (unpaired) electrons. The Kier molecular flexibility index (Phi) is 7.58. The summed E-state index contributed by atoms with van der Waals surface area (Å²) in [4.78, 5) is 0. The van der Waals surface area contributed by atoms with Crippen molar-refractivity contribution in [1.82, 2.24) is 0 Å². The molecule has 2 aliphatic carbocycles. The lowest BCUT2D eigenvalue weighted by Gasteiger charge is -2.39. The van der Waals surface area contributed by atoms with Crippen molar-refractivity contribution in [2.24, 2.45) is 23.7 Å². The van der Waals surface area contributed by atoms with Crippen molar-refractivity contribution >= 4 is 0 Å². The lowest BCUT2D eigenvalue weighted by Crippen LogP contribution is -2.27. The van der Waals surface area contributed by atoms with Gasteiger partial charge in [0.1, 0.15) is 5.82 Å². The second-order valence-corrected chi connectivity index (χ2v) is 9.29. The molecule has 1 aromatic rings. The molecule has 0 nitrogen and oxygen atoms in total. The van der Waals surface area contributed by atoms with E-state index in [-0.39, 0.29) is 5.82 Å². The number of hydrogen-bond acceptors (Lipinski definition) is 0. The largest absolute Gasteiger partial charge is 0.207 e. The first-order valence-corrected chi connectivity index (χ1v) is 11.4. The maximum Gasteiger partial charge on any atom is 0.123 e. The van der Waals surface area contributed by atoms with E-state index >= 15 is 0 Å². The van der Waals surface area contributed by atoms with Crippen molar-refractivity contribution in [2.45, 2.75) is 96.8 Å². The summed E-state index contributed by atoms with van der Waals surface area (Å²) in [7, 11) is 0. The topological polar surface area (TPSA) is 0 Å². The molecule has 2 saturated carbocycles. The van der Waals surface area contributed by atoms with Crippen LogP contribution in [0.2, 0.25) is 0 Å². The van der Waals surface area contributed by atoms with Crippen LogP contribution in [0.4, 0.5) is 4.39 Å². The minimum absolute atomic E-state index is 0.116. The molecule has 0 N–H and O–H groups in total. The Morgan fingerprint density at radius 2 is 1.42 bits per heavy atom. The Balaban J connectivity index is 1.41. The van der Waals surface area contributed by atoms with Crippen LogP contribution in [0, 0.1) is 29.5 Å². The highest BCUT2D eigenvalue weighted by molar-refractivity contribution is 5.20. The molecule has 0 spiro atoms. The minimum atomic E-state index is -0.116. The van der Waals surface area contributed by atoms with E-state index in [4.69, 9.17) is 0 Å². The summed E-state index contributed by atoms with van der Waals surface area (Å²) in [5, 5.41) is 0. The highest BCUT2D eigenvalue weighted by atomic mass is 19.1. The molecule has 146 valence electrons. The summed E-state index contributed by atoms with van der Waals surface area (Å²) in [6, 6.07) is 7.23. The summed E-state index contributed by atoms with van der Waals surface area (Å²) in [6.45, 7) is 4.66. The van der Waals surface area contributed by atoms with Gasteiger partial charge in [0, 0.05) is 0 Å². The van der Waals surface area contributed by atoms with E-state index in [1.165, 1.54) is 82.6 Å².